The van der Waals surface area contributed by atoms with Gasteiger partial charge in [-0.3, -0.25) is 14.6 Å². The summed E-state index contributed by atoms with van der Waals surface area (Å²) in [7, 11) is -0.232. The summed E-state index contributed by atoms with van der Waals surface area (Å²) in [6, 6.07) is 7.69. The van der Waals surface area contributed by atoms with Gasteiger partial charge in [0.15, 0.2) is 5.82 Å². The van der Waals surface area contributed by atoms with Crippen LogP contribution in [0.2, 0.25) is 0 Å². The molecule has 4 rings (SSSR count). The predicted octanol–water partition coefficient (Wildman–Crippen LogP) is 1.23. The number of aryl methyl sites for hydroxylation is 1. The van der Waals surface area contributed by atoms with Gasteiger partial charge < -0.3 is 10.0 Å². The van der Waals surface area contributed by atoms with E-state index in [1.807, 2.05) is 24.3 Å². The monoisotopic (exact) mass is 507 g/mol. The quantitative estimate of drug-likeness (QED) is 0.485. The van der Waals surface area contributed by atoms with Crippen LogP contribution in [-0.4, -0.2) is 88.8 Å². The average Bonchev–Trinajstić information content (AvgIpc) is 3.30. The van der Waals surface area contributed by atoms with E-state index in [9.17, 15) is 13.5 Å². The Kier molecular flexibility index (Phi) is 8.61. The fraction of sp³-hybridized carbons (Fsp3) is 0.409. The molecule has 12 heteroatoms. The van der Waals surface area contributed by atoms with Crippen molar-refractivity contribution in [1.29, 1.82) is 0 Å². The van der Waals surface area contributed by atoms with Gasteiger partial charge in [-0.15, -0.1) is 12.4 Å². The number of likely N-dealkylation sites (N-methyl/N-ethyl adjacent to an activating group) is 1. The lowest BCUT2D eigenvalue weighted by Gasteiger charge is -2.36. The molecule has 0 unspecified atom stereocenters. The van der Waals surface area contributed by atoms with Crippen molar-refractivity contribution in [1.82, 2.24) is 29.0 Å². The smallest absolute Gasteiger partial charge is 0.245 e. The van der Waals surface area contributed by atoms with Crippen molar-refractivity contribution in [2.45, 2.75) is 11.5 Å². The number of sulfonamides is 1. The average molecular weight is 508 g/mol. The lowest BCUT2D eigenvalue weighted by Crippen LogP contribution is -2.49. The molecular formula is C22H30ClN7O3S. The largest absolute Gasteiger partial charge is 0.392 e. The third-order valence-electron chi connectivity index (χ3n) is 5.88. The summed E-state index contributed by atoms with van der Waals surface area (Å²) in [5, 5.41) is 13.2. The molecule has 1 N–H and O–H groups in total. The Labute approximate surface area is 206 Å². The summed E-state index contributed by atoms with van der Waals surface area (Å²) in [6.07, 6.45) is 6.28. The number of aliphatic hydroxyl groups excluding tert-OH is 1. The number of halogens is 1. The Morgan fingerprint density at radius 2 is 1.74 bits per heavy atom. The van der Waals surface area contributed by atoms with E-state index in [0.717, 1.165) is 48.8 Å². The Morgan fingerprint density at radius 3 is 2.35 bits per heavy atom. The molecule has 3 heterocycles. The number of anilines is 1. The minimum atomic E-state index is -3.54. The molecule has 0 saturated carbocycles. The molecule has 184 valence electrons. The third-order valence-corrected chi connectivity index (χ3v) is 7.69. The molecule has 10 nitrogen and oxygen atoms in total. The Bertz CT molecular complexity index is 1180. The van der Waals surface area contributed by atoms with Crippen LogP contribution in [0.3, 0.4) is 0 Å². The van der Waals surface area contributed by atoms with Gasteiger partial charge in [-0.25, -0.2) is 13.4 Å². The number of benzene rings is 1. The topological polar surface area (TPSA) is 108 Å². The third kappa shape index (κ3) is 5.73. The Hall–Kier alpha value is -2.57. The lowest BCUT2D eigenvalue weighted by molar-refractivity contribution is 0.243. The predicted molar refractivity (Wildman–Crippen MR) is 132 cm³/mol. The molecule has 1 aliphatic heterocycles. The summed E-state index contributed by atoms with van der Waals surface area (Å²) in [5.74, 6) is 0.838. The van der Waals surface area contributed by atoms with E-state index in [-0.39, 0.29) is 23.9 Å². The Balaban J connectivity index is 0.00000324. The van der Waals surface area contributed by atoms with Gasteiger partial charge >= 0.3 is 0 Å². The fourth-order valence-electron chi connectivity index (χ4n) is 3.83. The molecule has 0 atom stereocenters. The summed E-state index contributed by atoms with van der Waals surface area (Å²) in [6.45, 7) is 4.23. The van der Waals surface area contributed by atoms with Crippen molar-refractivity contribution in [3.63, 3.8) is 0 Å². The first kappa shape index (κ1) is 26.0. The Morgan fingerprint density at radius 1 is 1.06 bits per heavy atom. The zero-order valence-corrected chi connectivity index (χ0v) is 20.9. The summed E-state index contributed by atoms with van der Waals surface area (Å²) in [4.78, 5) is 13.8. The van der Waals surface area contributed by atoms with Gasteiger partial charge in [0.25, 0.3) is 0 Å². The van der Waals surface area contributed by atoms with Crippen LogP contribution in [0.5, 0.6) is 0 Å². The fourth-order valence-corrected chi connectivity index (χ4v) is 4.98. The SMILES string of the molecule is CN(CCN1CCN(c2nccnc2-c2ccc(CO)cc2)CC1)S(=O)(=O)c1cnn(C)c1.Cl. The highest BCUT2D eigenvalue weighted by Crippen LogP contribution is 2.27. The van der Waals surface area contributed by atoms with Crippen molar-refractivity contribution in [2.24, 2.45) is 7.05 Å². The maximum Gasteiger partial charge on any atom is 0.245 e. The number of hydrogen-bond donors (Lipinski definition) is 1. The van der Waals surface area contributed by atoms with Crippen LogP contribution >= 0.6 is 12.4 Å². The summed E-state index contributed by atoms with van der Waals surface area (Å²) in [5.41, 5.74) is 2.63. The second-order valence-electron chi connectivity index (χ2n) is 8.09. The van der Waals surface area contributed by atoms with E-state index in [4.69, 9.17) is 0 Å². The van der Waals surface area contributed by atoms with E-state index >= 15 is 0 Å². The molecule has 1 saturated heterocycles. The first-order valence-corrected chi connectivity index (χ1v) is 12.3. The van der Waals surface area contributed by atoms with Crippen LogP contribution in [0.15, 0.2) is 53.9 Å². The first-order valence-electron chi connectivity index (χ1n) is 10.8. The van der Waals surface area contributed by atoms with Gasteiger partial charge in [-0.05, 0) is 5.56 Å². The zero-order chi connectivity index (χ0) is 23.4. The highest BCUT2D eigenvalue weighted by molar-refractivity contribution is 7.89. The molecule has 0 bridgehead atoms. The highest BCUT2D eigenvalue weighted by Gasteiger charge is 2.25. The van der Waals surface area contributed by atoms with Crippen molar-refractivity contribution in [3.8, 4) is 11.3 Å². The van der Waals surface area contributed by atoms with E-state index in [0.29, 0.717) is 13.1 Å². The minimum Gasteiger partial charge on any atom is -0.392 e. The molecule has 1 aromatic carbocycles. The van der Waals surface area contributed by atoms with Crippen molar-refractivity contribution >= 4 is 28.2 Å². The van der Waals surface area contributed by atoms with Crippen LogP contribution in [0.1, 0.15) is 5.56 Å². The van der Waals surface area contributed by atoms with Crippen molar-refractivity contribution in [3.05, 3.63) is 54.6 Å². The van der Waals surface area contributed by atoms with Gasteiger partial charge in [0.2, 0.25) is 10.0 Å². The second kappa shape index (κ2) is 11.2. The number of rotatable bonds is 8. The molecule has 0 amide bonds. The van der Waals surface area contributed by atoms with E-state index in [2.05, 4.69) is 24.9 Å². The molecular weight excluding hydrogens is 478 g/mol. The van der Waals surface area contributed by atoms with Crippen LogP contribution in [-0.2, 0) is 23.7 Å². The van der Waals surface area contributed by atoms with E-state index < -0.39 is 10.0 Å². The van der Waals surface area contributed by atoms with E-state index in [1.54, 1.807) is 26.5 Å². The van der Waals surface area contributed by atoms with Gasteiger partial charge in [0.1, 0.15) is 10.6 Å². The van der Waals surface area contributed by atoms with E-state index in [1.165, 1.54) is 21.4 Å². The van der Waals surface area contributed by atoms with Gasteiger partial charge in [-0.2, -0.15) is 9.40 Å². The van der Waals surface area contributed by atoms with Crippen LogP contribution in [0.25, 0.3) is 11.3 Å². The molecule has 1 fully saturated rings. The van der Waals surface area contributed by atoms with Gasteiger partial charge in [0, 0.05) is 77.5 Å². The molecule has 34 heavy (non-hydrogen) atoms. The summed E-state index contributed by atoms with van der Waals surface area (Å²) < 4.78 is 28.2. The highest BCUT2D eigenvalue weighted by atomic mass is 35.5. The van der Waals surface area contributed by atoms with Crippen LogP contribution < -0.4 is 4.90 Å². The number of aromatic nitrogens is 4. The number of piperazine rings is 1. The maximum atomic E-state index is 12.7. The lowest BCUT2D eigenvalue weighted by atomic mass is 10.1. The summed E-state index contributed by atoms with van der Waals surface area (Å²) >= 11 is 0. The number of hydrogen-bond acceptors (Lipinski definition) is 8. The molecule has 2 aromatic heterocycles. The minimum absolute atomic E-state index is 0. The number of aliphatic hydroxyl groups is 1. The second-order valence-corrected chi connectivity index (χ2v) is 10.1. The van der Waals surface area contributed by atoms with Crippen molar-refractivity contribution < 1.29 is 13.5 Å². The standard InChI is InChI=1S/C22H29N7O3S.ClH/c1-26-16-20(15-25-26)33(31,32)27(2)9-10-28-11-13-29(14-12-28)22-21(23-7-8-24-22)19-5-3-18(17-30)4-6-19;/h3-8,15-16,30H,9-14,17H2,1-2H3;1H. The number of nitrogens with zero attached hydrogens (tertiary/aromatic N) is 7. The van der Waals surface area contributed by atoms with Gasteiger partial charge in [0.05, 0.1) is 12.8 Å². The molecule has 0 radical (unpaired) electrons. The molecule has 0 spiro atoms. The van der Waals surface area contributed by atoms with Crippen LogP contribution in [0, 0.1) is 0 Å². The van der Waals surface area contributed by atoms with Crippen LogP contribution in [0.4, 0.5) is 5.82 Å². The first-order chi connectivity index (χ1) is 15.9. The maximum absolute atomic E-state index is 12.7. The zero-order valence-electron chi connectivity index (χ0n) is 19.3. The normalized spacial score (nSPS) is 14.9. The molecule has 1 aliphatic rings. The van der Waals surface area contributed by atoms with Gasteiger partial charge in [-0.1, -0.05) is 24.3 Å². The molecule has 3 aromatic rings. The molecule has 0 aliphatic carbocycles. The van der Waals surface area contributed by atoms with Crippen molar-refractivity contribution in [2.75, 3.05) is 51.2 Å².